The fraction of sp³-hybridized carbons (Fsp3) is 0.917. The van der Waals surface area contributed by atoms with E-state index in [-0.39, 0.29) is 24.4 Å². The molecule has 0 radical (unpaired) electrons. The molecule has 5 heteroatoms. The van der Waals surface area contributed by atoms with Gasteiger partial charge in [-0.2, -0.15) is 0 Å². The number of carbonyl (C=O) groups excluding carboxylic acids is 1. The molecule has 0 spiro atoms. The number of hydrogen-bond donors (Lipinski definition) is 1. The number of likely N-dealkylation sites (tertiary alicyclic amines) is 1. The van der Waals surface area contributed by atoms with Gasteiger partial charge in [-0.05, 0) is 45.1 Å². The van der Waals surface area contributed by atoms with Gasteiger partial charge in [0.15, 0.2) is 0 Å². The summed E-state index contributed by atoms with van der Waals surface area (Å²) in [4.78, 5) is 14.3. The summed E-state index contributed by atoms with van der Waals surface area (Å²) in [5.41, 5.74) is 5.61. The Labute approximate surface area is 109 Å². The number of rotatable bonds is 3. The maximum Gasteiger partial charge on any atom is 0.251 e. The molecule has 0 aliphatic carbocycles. The zero-order chi connectivity index (χ0) is 11.4. The van der Waals surface area contributed by atoms with Gasteiger partial charge < -0.3 is 15.4 Å². The Kier molecular flexibility index (Phi) is 6.23. The van der Waals surface area contributed by atoms with Crippen LogP contribution in [0.25, 0.3) is 0 Å². The van der Waals surface area contributed by atoms with E-state index in [0.717, 1.165) is 45.3 Å². The summed E-state index contributed by atoms with van der Waals surface area (Å²) in [6.07, 6.45) is 6.13. The molecule has 0 aromatic heterocycles. The second-order valence-electron chi connectivity index (χ2n) is 4.76. The van der Waals surface area contributed by atoms with Gasteiger partial charge >= 0.3 is 0 Å². The number of carbonyl (C=O) groups is 1. The van der Waals surface area contributed by atoms with Crippen LogP contribution in [-0.4, -0.2) is 42.6 Å². The third-order valence-electron chi connectivity index (χ3n) is 3.62. The van der Waals surface area contributed by atoms with Crippen LogP contribution < -0.4 is 5.73 Å². The van der Waals surface area contributed by atoms with Crippen molar-refractivity contribution >= 4 is 18.3 Å². The smallest absolute Gasteiger partial charge is 0.251 e. The highest BCUT2D eigenvalue weighted by atomic mass is 35.5. The lowest BCUT2D eigenvalue weighted by Crippen LogP contribution is -2.48. The lowest BCUT2D eigenvalue weighted by Gasteiger charge is -2.37. The van der Waals surface area contributed by atoms with Gasteiger partial charge in [-0.15, -0.1) is 12.4 Å². The monoisotopic (exact) mass is 262 g/mol. The maximum atomic E-state index is 12.2. The summed E-state index contributed by atoms with van der Waals surface area (Å²) in [7, 11) is 0. The first-order valence-electron chi connectivity index (χ1n) is 6.45. The number of halogens is 1. The molecule has 2 fully saturated rings. The molecule has 100 valence electrons. The van der Waals surface area contributed by atoms with Crippen LogP contribution in [0.3, 0.4) is 0 Å². The minimum atomic E-state index is -0.168. The zero-order valence-corrected chi connectivity index (χ0v) is 11.1. The van der Waals surface area contributed by atoms with Crippen LogP contribution in [0.2, 0.25) is 0 Å². The van der Waals surface area contributed by atoms with Crippen molar-refractivity contribution in [2.75, 3.05) is 19.7 Å². The van der Waals surface area contributed by atoms with Crippen molar-refractivity contribution in [2.24, 2.45) is 5.73 Å². The van der Waals surface area contributed by atoms with Crippen LogP contribution in [0.5, 0.6) is 0 Å². The predicted molar refractivity (Wildman–Crippen MR) is 69.2 cm³/mol. The molecule has 2 aliphatic heterocycles. The van der Waals surface area contributed by atoms with Gasteiger partial charge in [0.1, 0.15) is 6.10 Å². The minimum Gasteiger partial charge on any atom is -0.368 e. The molecule has 17 heavy (non-hydrogen) atoms. The van der Waals surface area contributed by atoms with Gasteiger partial charge in [0, 0.05) is 19.2 Å². The first-order valence-corrected chi connectivity index (χ1v) is 6.45. The molecule has 4 nitrogen and oxygen atoms in total. The standard InChI is InChI=1S/C12H22N2O2.ClH/c13-7-6-10-4-1-2-8-14(10)12(15)11-5-3-9-16-11;/h10-11H,1-9,13H2;1H/t10?,11-;/m1./s1. The molecule has 2 atom stereocenters. The van der Waals surface area contributed by atoms with Crippen molar-refractivity contribution in [3.63, 3.8) is 0 Å². The summed E-state index contributed by atoms with van der Waals surface area (Å²) < 4.78 is 5.47. The molecule has 2 saturated heterocycles. The van der Waals surface area contributed by atoms with Crippen LogP contribution >= 0.6 is 12.4 Å². The number of piperidine rings is 1. The quantitative estimate of drug-likeness (QED) is 0.835. The fourth-order valence-corrected chi connectivity index (χ4v) is 2.74. The van der Waals surface area contributed by atoms with Gasteiger partial charge in [-0.3, -0.25) is 4.79 Å². The van der Waals surface area contributed by atoms with Gasteiger partial charge in [0.05, 0.1) is 0 Å². The zero-order valence-electron chi connectivity index (χ0n) is 10.3. The van der Waals surface area contributed by atoms with Crippen molar-refractivity contribution in [3.8, 4) is 0 Å². The molecule has 2 N–H and O–H groups in total. The molecule has 0 saturated carbocycles. The average molecular weight is 263 g/mol. The Hall–Kier alpha value is -0.320. The van der Waals surface area contributed by atoms with E-state index >= 15 is 0 Å². The highest BCUT2D eigenvalue weighted by Crippen LogP contribution is 2.23. The van der Waals surface area contributed by atoms with Gasteiger partial charge in [0.25, 0.3) is 5.91 Å². The Morgan fingerprint density at radius 1 is 1.29 bits per heavy atom. The van der Waals surface area contributed by atoms with Crippen molar-refractivity contribution < 1.29 is 9.53 Å². The van der Waals surface area contributed by atoms with E-state index in [0.29, 0.717) is 12.6 Å². The van der Waals surface area contributed by atoms with Gasteiger partial charge in [-0.25, -0.2) is 0 Å². The number of nitrogens with two attached hydrogens (primary N) is 1. The highest BCUT2D eigenvalue weighted by Gasteiger charge is 2.33. The van der Waals surface area contributed by atoms with E-state index in [1.807, 2.05) is 4.90 Å². The third kappa shape index (κ3) is 3.57. The van der Waals surface area contributed by atoms with Crippen LogP contribution in [0.1, 0.15) is 38.5 Å². The van der Waals surface area contributed by atoms with Crippen molar-refractivity contribution in [1.82, 2.24) is 4.90 Å². The normalized spacial score (nSPS) is 28.9. The van der Waals surface area contributed by atoms with Crippen LogP contribution in [0, 0.1) is 0 Å². The van der Waals surface area contributed by atoms with Crippen LogP contribution in [0.15, 0.2) is 0 Å². The molecular formula is C12H23ClN2O2. The number of amides is 1. The van der Waals surface area contributed by atoms with E-state index in [4.69, 9.17) is 10.5 Å². The van der Waals surface area contributed by atoms with E-state index in [1.165, 1.54) is 6.42 Å². The molecule has 2 aliphatic rings. The van der Waals surface area contributed by atoms with E-state index < -0.39 is 0 Å². The fourth-order valence-electron chi connectivity index (χ4n) is 2.74. The van der Waals surface area contributed by atoms with Gasteiger partial charge in [-0.1, -0.05) is 0 Å². The Balaban J connectivity index is 0.00000144. The van der Waals surface area contributed by atoms with Crippen LogP contribution in [0.4, 0.5) is 0 Å². The van der Waals surface area contributed by atoms with Crippen molar-refractivity contribution in [1.29, 1.82) is 0 Å². The first kappa shape index (κ1) is 14.7. The molecule has 1 unspecified atom stereocenters. The van der Waals surface area contributed by atoms with Gasteiger partial charge in [0.2, 0.25) is 0 Å². The summed E-state index contributed by atoms with van der Waals surface area (Å²) in [6.45, 7) is 2.30. The molecular weight excluding hydrogens is 240 g/mol. The molecule has 2 rings (SSSR count). The number of ether oxygens (including phenoxy) is 1. The Morgan fingerprint density at radius 2 is 2.12 bits per heavy atom. The molecule has 0 aromatic carbocycles. The summed E-state index contributed by atoms with van der Waals surface area (Å²) in [6, 6.07) is 0.357. The highest BCUT2D eigenvalue weighted by molar-refractivity contribution is 5.85. The Morgan fingerprint density at radius 3 is 2.76 bits per heavy atom. The average Bonchev–Trinajstić information content (AvgIpc) is 2.83. The molecule has 2 heterocycles. The predicted octanol–water partition coefficient (Wildman–Crippen LogP) is 1.32. The van der Waals surface area contributed by atoms with Crippen molar-refractivity contribution in [2.45, 2.75) is 50.7 Å². The number of hydrogen-bond acceptors (Lipinski definition) is 3. The first-order chi connectivity index (χ1) is 7.83. The molecule has 1 amide bonds. The Bertz CT molecular complexity index is 243. The second kappa shape index (κ2) is 7.19. The van der Waals surface area contributed by atoms with E-state index in [1.54, 1.807) is 0 Å². The van der Waals surface area contributed by atoms with E-state index in [9.17, 15) is 4.79 Å². The molecule has 0 bridgehead atoms. The molecule has 0 aromatic rings. The SMILES string of the molecule is Cl.NCCC1CCCCN1C(=O)[C@H]1CCCO1. The van der Waals surface area contributed by atoms with Crippen molar-refractivity contribution in [3.05, 3.63) is 0 Å². The van der Waals surface area contributed by atoms with Crippen LogP contribution in [-0.2, 0) is 9.53 Å². The lowest BCUT2D eigenvalue weighted by molar-refractivity contribution is -0.144. The summed E-state index contributed by atoms with van der Waals surface area (Å²) in [5.74, 6) is 0.204. The topological polar surface area (TPSA) is 55.6 Å². The largest absolute Gasteiger partial charge is 0.368 e. The second-order valence-corrected chi connectivity index (χ2v) is 4.76. The maximum absolute atomic E-state index is 12.2. The van der Waals surface area contributed by atoms with E-state index in [2.05, 4.69) is 0 Å². The minimum absolute atomic E-state index is 0. The number of nitrogens with zero attached hydrogens (tertiary/aromatic N) is 1. The lowest BCUT2D eigenvalue weighted by atomic mass is 9.98. The summed E-state index contributed by atoms with van der Waals surface area (Å²) >= 11 is 0. The third-order valence-corrected chi connectivity index (χ3v) is 3.62. The summed E-state index contributed by atoms with van der Waals surface area (Å²) in [5, 5.41) is 0.